The maximum absolute atomic E-state index is 13.7. The number of carbonyl (C=O) groups excluding carboxylic acids is 2. The minimum Gasteiger partial charge on any atom is -0.489 e. The number of carbonyl (C=O) groups is 2. The molecule has 2 amide bonds. The number of fused-ring (bicyclic) bond motifs is 1. The van der Waals surface area contributed by atoms with Gasteiger partial charge in [0.1, 0.15) is 23.0 Å². The van der Waals surface area contributed by atoms with Gasteiger partial charge in [-0.15, -0.1) is 0 Å². The lowest BCUT2D eigenvalue weighted by atomic mass is 9.91. The van der Waals surface area contributed by atoms with Crippen molar-refractivity contribution >= 4 is 29.1 Å². The molecule has 3 heterocycles. The first-order valence-corrected chi connectivity index (χ1v) is 11.7. The van der Waals surface area contributed by atoms with Crippen molar-refractivity contribution < 1.29 is 32.6 Å². The van der Waals surface area contributed by atoms with Gasteiger partial charge in [-0.05, 0) is 44.6 Å². The van der Waals surface area contributed by atoms with Crippen LogP contribution in [-0.2, 0) is 11.0 Å². The Morgan fingerprint density at radius 3 is 2.47 bits per heavy atom. The Bertz CT molecular complexity index is 1130. The summed E-state index contributed by atoms with van der Waals surface area (Å²) in [5.74, 6) is -0.933. The number of aromatic nitrogens is 2. The summed E-state index contributed by atoms with van der Waals surface area (Å²) in [7, 11) is 0. The Labute approximate surface area is 198 Å². The van der Waals surface area contributed by atoms with E-state index < -0.39 is 23.3 Å². The van der Waals surface area contributed by atoms with Gasteiger partial charge in [0.25, 0.3) is 5.91 Å². The molecule has 0 bridgehead atoms. The number of alkyl halides is 3. The van der Waals surface area contributed by atoms with Gasteiger partial charge >= 0.3 is 6.18 Å². The van der Waals surface area contributed by atoms with E-state index >= 15 is 0 Å². The predicted molar refractivity (Wildman–Crippen MR) is 115 cm³/mol. The van der Waals surface area contributed by atoms with Crippen molar-refractivity contribution in [1.29, 1.82) is 0 Å². The molecule has 34 heavy (non-hydrogen) atoms. The lowest BCUT2D eigenvalue weighted by molar-refractivity contribution is -0.139. The minimum atomic E-state index is -4.73. The zero-order valence-electron chi connectivity index (χ0n) is 18.2. The van der Waals surface area contributed by atoms with Crippen molar-refractivity contribution in [3.05, 3.63) is 28.7 Å². The van der Waals surface area contributed by atoms with Crippen LogP contribution in [0.15, 0.2) is 12.3 Å². The van der Waals surface area contributed by atoms with E-state index in [2.05, 4.69) is 4.98 Å². The highest BCUT2D eigenvalue weighted by molar-refractivity contribution is 6.33. The summed E-state index contributed by atoms with van der Waals surface area (Å²) in [5.41, 5.74) is -1.88. The first-order chi connectivity index (χ1) is 16.1. The Morgan fingerprint density at radius 1 is 1.15 bits per heavy atom. The molecule has 2 saturated carbocycles. The standard InChI is InChI=1S/C22H24ClF3N4O4/c23-19-18(21(33)28-7-8-29(17(32)11-28)12-1-3-13(31)4-2-12)27-20-16(22(24,25)26)9-15(10-30(19)20)34-14-5-6-14/h9-10,12-14,31H,1-8,11H2. The molecule has 1 N–H and O–H groups in total. The number of hydrogen-bond donors (Lipinski definition) is 1. The quantitative estimate of drug-likeness (QED) is 0.697. The minimum absolute atomic E-state index is 0.00187. The molecule has 1 aliphatic heterocycles. The number of nitrogens with zero attached hydrogens (tertiary/aromatic N) is 4. The third-order valence-electron chi connectivity index (χ3n) is 6.62. The third kappa shape index (κ3) is 4.43. The van der Waals surface area contributed by atoms with Crippen LogP contribution in [0.1, 0.15) is 54.6 Å². The van der Waals surface area contributed by atoms with Crippen LogP contribution in [0.5, 0.6) is 5.75 Å². The van der Waals surface area contributed by atoms with Crippen LogP contribution < -0.4 is 4.74 Å². The fourth-order valence-corrected chi connectivity index (χ4v) is 4.90. The molecule has 2 aliphatic carbocycles. The van der Waals surface area contributed by atoms with Gasteiger partial charge < -0.3 is 19.6 Å². The van der Waals surface area contributed by atoms with Crippen LogP contribution in [0.3, 0.4) is 0 Å². The van der Waals surface area contributed by atoms with Gasteiger partial charge in [-0.1, -0.05) is 11.6 Å². The molecule has 1 saturated heterocycles. The van der Waals surface area contributed by atoms with Crippen molar-refractivity contribution in [2.45, 2.75) is 63.0 Å². The maximum Gasteiger partial charge on any atom is 0.420 e. The van der Waals surface area contributed by atoms with Crippen LogP contribution in [0.4, 0.5) is 13.2 Å². The molecule has 0 radical (unpaired) electrons. The second kappa shape index (κ2) is 8.60. The highest BCUT2D eigenvalue weighted by Crippen LogP contribution is 2.38. The highest BCUT2D eigenvalue weighted by Gasteiger charge is 2.39. The third-order valence-corrected chi connectivity index (χ3v) is 6.98. The Balaban J connectivity index is 1.39. The molecule has 8 nitrogen and oxygen atoms in total. The zero-order valence-corrected chi connectivity index (χ0v) is 19.0. The largest absolute Gasteiger partial charge is 0.489 e. The smallest absolute Gasteiger partial charge is 0.420 e. The Kier molecular flexibility index (Phi) is 5.87. The van der Waals surface area contributed by atoms with Gasteiger partial charge in [-0.3, -0.25) is 14.0 Å². The second-order valence-corrected chi connectivity index (χ2v) is 9.48. The van der Waals surface area contributed by atoms with E-state index in [-0.39, 0.29) is 53.8 Å². The van der Waals surface area contributed by atoms with Gasteiger partial charge in [0.15, 0.2) is 11.3 Å². The summed E-state index contributed by atoms with van der Waals surface area (Å²) < 4.78 is 47.7. The lowest BCUT2D eigenvalue weighted by Crippen LogP contribution is -2.56. The SMILES string of the molecule is O=C(c1nc2c(C(F)(F)F)cc(OC3CC3)cn2c1Cl)N1CCN(C2CCC(O)CC2)C(=O)C1. The zero-order chi connectivity index (χ0) is 24.2. The molecule has 0 aromatic carbocycles. The maximum atomic E-state index is 13.7. The fraction of sp³-hybridized carbons (Fsp3) is 0.591. The van der Waals surface area contributed by atoms with Crippen LogP contribution in [0, 0.1) is 0 Å². The summed E-state index contributed by atoms with van der Waals surface area (Å²) in [6, 6.07) is 0.889. The van der Waals surface area contributed by atoms with E-state index in [9.17, 15) is 27.9 Å². The van der Waals surface area contributed by atoms with Gasteiger partial charge in [0, 0.05) is 19.1 Å². The van der Waals surface area contributed by atoms with Crippen LogP contribution in [-0.4, -0.2) is 74.0 Å². The summed E-state index contributed by atoms with van der Waals surface area (Å²) in [4.78, 5) is 32.8. The number of aliphatic hydroxyl groups is 1. The van der Waals surface area contributed by atoms with Gasteiger partial charge in [-0.25, -0.2) is 4.98 Å². The number of aliphatic hydroxyl groups excluding tert-OH is 1. The number of ether oxygens (including phenoxy) is 1. The van der Waals surface area contributed by atoms with Crippen molar-refractivity contribution in [3.8, 4) is 5.75 Å². The fourth-order valence-electron chi connectivity index (χ4n) is 4.65. The van der Waals surface area contributed by atoms with Crippen LogP contribution in [0.2, 0.25) is 5.15 Å². The molecule has 0 unspecified atom stereocenters. The average Bonchev–Trinajstić information content (AvgIpc) is 3.54. The van der Waals surface area contributed by atoms with E-state index in [1.54, 1.807) is 4.90 Å². The van der Waals surface area contributed by atoms with Crippen molar-refractivity contribution in [3.63, 3.8) is 0 Å². The van der Waals surface area contributed by atoms with Crippen molar-refractivity contribution in [2.24, 2.45) is 0 Å². The van der Waals surface area contributed by atoms with Gasteiger partial charge in [0.05, 0.1) is 18.4 Å². The number of amides is 2. The monoisotopic (exact) mass is 500 g/mol. The normalized spacial score (nSPS) is 24.1. The molecular weight excluding hydrogens is 477 g/mol. The molecule has 184 valence electrons. The number of rotatable bonds is 4. The van der Waals surface area contributed by atoms with E-state index in [0.29, 0.717) is 32.2 Å². The molecule has 12 heteroatoms. The molecular formula is C22H24ClF3N4O4. The number of pyridine rings is 1. The molecule has 0 spiro atoms. The predicted octanol–water partition coefficient (Wildman–Crippen LogP) is 3.14. The first-order valence-electron chi connectivity index (χ1n) is 11.3. The van der Waals surface area contributed by atoms with Gasteiger partial charge in [0.2, 0.25) is 5.91 Å². The topological polar surface area (TPSA) is 87.4 Å². The molecule has 2 aromatic heterocycles. The summed E-state index contributed by atoms with van der Waals surface area (Å²) in [6.45, 7) is 0.323. The summed E-state index contributed by atoms with van der Waals surface area (Å²) in [6.07, 6.45) is 0.285. The number of imidazole rings is 1. The van der Waals surface area contributed by atoms with E-state index in [1.165, 1.54) is 11.1 Å². The van der Waals surface area contributed by atoms with E-state index in [0.717, 1.165) is 23.3 Å². The van der Waals surface area contributed by atoms with Crippen molar-refractivity contribution in [2.75, 3.05) is 19.6 Å². The Morgan fingerprint density at radius 2 is 1.85 bits per heavy atom. The van der Waals surface area contributed by atoms with Crippen molar-refractivity contribution in [1.82, 2.24) is 19.2 Å². The molecule has 3 aliphatic rings. The van der Waals surface area contributed by atoms with Crippen LogP contribution in [0.25, 0.3) is 5.65 Å². The molecule has 5 rings (SSSR count). The van der Waals surface area contributed by atoms with Gasteiger partial charge in [-0.2, -0.15) is 13.2 Å². The summed E-state index contributed by atoms with van der Waals surface area (Å²) in [5, 5.41) is 9.43. The molecule has 2 aromatic rings. The Hall–Kier alpha value is -2.53. The average molecular weight is 501 g/mol. The highest BCUT2D eigenvalue weighted by atomic mass is 35.5. The second-order valence-electron chi connectivity index (χ2n) is 9.13. The first kappa shape index (κ1) is 23.2. The molecule has 0 atom stereocenters. The van der Waals surface area contributed by atoms with E-state index in [1.807, 2.05) is 0 Å². The summed E-state index contributed by atoms with van der Waals surface area (Å²) >= 11 is 6.33. The number of hydrogen-bond acceptors (Lipinski definition) is 5. The number of halogens is 4. The molecule has 3 fully saturated rings. The number of piperazine rings is 1. The van der Waals surface area contributed by atoms with Crippen LogP contribution >= 0.6 is 11.6 Å². The lowest BCUT2D eigenvalue weighted by Gasteiger charge is -2.41. The van der Waals surface area contributed by atoms with E-state index in [4.69, 9.17) is 16.3 Å².